The Balaban J connectivity index is 1.77. The van der Waals surface area contributed by atoms with Crippen LogP contribution in [0.15, 0.2) is 30.3 Å². The van der Waals surface area contributed by atoms with Crippen molar-refractivity contribution in [2.75, 3.05) is 26.3 Å². The van der Waals surface area contributed by atoms with Crippen molar-refractivity contribution >= 4 is 6.09 Å². The predicted octanol–water partition coefficient (Wildman–Crippen LogP) is 1.64. The van der Waals surface area contributed by atoms with E-state index in [0.717, 1.165) is 13.0 Å². The van der Waals surface area contributed by atoms with Crippen LogP contribution >= 0.6 is 0 Å². The molecule has 0 radical (unpaired) electrons. The maximum absolute atomic E-state index is 11.2. The van der Waals surface area contributed by atoms with Gasteiger partial charge < -0.3 is 14.7 Å². The molecule has 5 nitrogen and oxygen atoms in total. The molecule has 2 unspecified atom stereocenters. The van der Waals surface area contributed by atoms with E-state index in [-0.39, 0.29) is 6.04 Å². The molecule has 108 valence electrons. The molecule has 1 aromatic carbocycles. The zero-order valence-electron chi connectivity index (χ0n) is 11.4. The molecule has 2 fully saturated rings. The summed E-state index contributed by atoms with van der Waals surface area (Å²) in [5.74, 6) is 0. The molecule has 2 saturated heterocycles. The van der Waals surface area contributed by atoms with E-state index in [1.165, 1.54) is 10.5 Å². The monoisotopic (exact) mass is 276 g/mol. The maximum atomic E-state index is 11.2. The number of hydrogen-bond donors (Lipinski definition) is 1. The van der Waals surface area contributed by atoms with Gasteiger partial charge in [-0.2, -0.15) is 0 Å². The Morgan fingerprint density at radius 3 is 2.75 bits per heavy atom. The van der Waals surface area contributed by atoms with Gasteiger partial charge in [0, 0.05) is 25.7 Å². The first-order valence-corrected chi connectivity index (χ1v) is 7.09. The molecule has 20 heavy (non-hydrogen) atoms. The summed E-state index contributed by atoms with van der Waals surface area (Å²) in [6, 6.07) is 10.8. The highest BCUT2D eigenvalue weighted by atomic mass is 16.5. The van der Waals surface area contributed by atoms with Crippen molar-refractivity contribution in [3.05, 3.63) is 35.9 Å². The summed E-state index contributed by atoms with van der Waals surface area (Å²) in [4.78, 5) is 15.2. The summed E-state index contributed by atoms with van der Waals surface area (Å²) in [7, 11) is 0. The van der Waals surface area contributed by atoms with Crippen LogP contribution < -0.4 is 0 Å². The summed E-state index contributed by atoms with van der Waals surface area (Å²) >= 11 is 0. The van der Waals surface area contributed by atoms with Crippen LogP contribution in [0.5, 0.6) is 0 Å². The number of rotatable bonds is 2. The van der Waals surface area contributed by atoms with E-state index in [9.17, 15) is 9.90 Å². The summed E-state index contributed by atoms with van der Waals surface area (Å²) in [6.45, 7) is 3.33. The molecule has 5 heteroatoms. The molecule has 2 aliphatic heterocycles. The molecule has 0 saturated carbocycles. The van der Waals surface area contributed by atoms with E-state index in [1.54, 1.807) is 0 Å². The van der Waals surface area contributed by atoms with Crippen LogP contribution in [0.1, 0.15) is 12.0 Å². The smallest absolute Gasteiger partial charge is 0.407 e. The second kappa shape index (κ2) is 5.81. The van der Waals surface area contributed by atoms with E-state index in [1.807, 2.05) is 18.2 Å². The molecule has 0 spiro atoms. The zero-order valence-corrected chi connectivity index (χ0v) is 11.4. The van der Waals surface area contributed by atoms with Gasteiger partial charge in [0.05, 0.1) is 19.3 Å². The number of amides is 1. The molecule has 1 aromatic rings. The molecule has 3 rings (SSSR count). The van der Waals surface area contributed by atoms with Crippen molar-refractivity contribution in [2.45, 2.75) is 25.0 Å². The largest absolute Gasteiger partial charge is 0.465 e. The lowest BCUT2D eigenvalue weighted by atomic mass is 10.1. The molecule has 2 bridgehead atoms. The molecular formula is C15H20N2O3. The van der Waals surface area contributed by atoms with Crippen LogP contribution in [0.4, 0.5) is 4.79 Å². The summed E-state index contributed by atoms with van der Waals surface area (Å²) < 4.78 is 5.65. The minimum atomic E-state index is -0.822. The van der Waals surface area contributed by atoms with Gasteiger partial charge in [0.1, 0.15) is 0 Å². The van der Waals surface area contributed by atoms with Gasteiger partial charge in [-0.05, 0) is 12.0 Å². The Hall–Kier alpha value is -1.59. The molecule has 1 N–H and O–H groups in total. The first-order chi connectivity index (χ1) is 9.74. The SMILES string of the molecule is O=C(O)N1CCC2COCC(C1)N2Cc1ccccc1. The number of hydrogen-bond acceptors (Lipinski definition) is 3. The fourth-order valence-electron chi connectivity index (χ4n) is 3.11. The molecular weight excluding hydrogens is 256 g/mol. The Morgan fingerprint density at radius 2 is 2.00 bits per heavy atom. The third-order valence-electron chi connectivity index (χ3n) is 4.20. The standard InChI is InChI=1S/C15H20N2O3/c18-15(19)16-7-6-13-10-20-11-14(9-16)17(13)8-12-4-2-1-3-5-12/h1-5,13-14H,6-11H2,(H,18,19). The van der Waals surface area contributed by atoms with Crippen molar-refractivity contribution in [1.82, 2.24) is 9.80 Å². The lowest BCUT2D eigenvalue weighted by molar-refractivity contribution is -0.0491. The third-order valence-corrected chi connectivity index (χ3v) is 4.20. The number of carbonyl (C=O) groups is 1. The van der Waals surface area contributed by atoms with Crippen molar-refractivity contribution in [1.29, 1.82) is 0 Å². The lowest BCUT2D eigenvalue weighted by Crippen LogP contribution is -2.53. The minimum Gasteiger partial charge on any atom is -0.465 e. The fraction of sp³-hybridized carbons (Fsp3) is 0.533. The first kappa shape index (κ1) is 13.4. The zero-order chi connectivity index (χ0) is 13.9. The van der Waals surface area contributed by atoms with Crippen LogP contribution in [-0.4, -0.2) is 59.4 Å². The quantitative estimate of drug-likeness (QED) is 0.892. The van der Waals surface area contributed by atoms with E-state index < -0.39 is 6.09 Å². The molecule has 0 aliphatic carbocycles. The van der Waals surface area contributed by atoms with Gasteiger partial charge >= 0.3 is 6.09 Å². The second-order valence-corrected chi connectivity index (χ2v) is 5.52. The maximum Gasteiger partial charge on any atom is 0.407 e. The van der Waals surface area contributed by atoms with Gasteiger partial charge in [-0.15, -0.1) is 0 Å². The Bertz CT molecular complexity index is 465. The van der Waals surface area contributed by atoms with Gasteiger partial charge in [-0.25, -0.2) is 4.79 Å². The second-order valence-electron chi connectivity index (χ2n) is 5.52. The number of ether oxygens (including phenoxy) is 1. The van der Waals surface area contributed by atoms with Gasteiger partial charge in [-0.3, -0.25) is 4.90 Å². The van der Waals surface area contributed by atoms with Crippen molar-refractivity contribution in [3.63, 3.8) is 0 Å². The molecule has 0 aromatic heterocycles. The van der Waals surface area contributed by atoms with E-state index in [2.05, 4.69) is 17.0 Å². The number of carboxylic acid groups (broad SMARTS) is 1. The molecule has 2 aliphatic rings. The van der Waals surface area contributed by atoms with Gasteiger partial charge in [-0.1, -0.05) is 30.3 Å². The van der Waals surface area contributed by atoms with Crippen LogP contribution in [0, 0.1) is 0 Å². The van der Waals surface area contributed by atoms with Crippen molar-refractivity contribution < 1.29 is 14.6 Å². The van der Waals surface area contributed by atoms with E-state index >= 15 is 0 Å². The minimum absolute atomic E-state index is 0.160. The van der Waals surface area contributed by atoms with Crippen LogP contribution in [-0.2, 0) is 11.3 Å². The van der Waals surface area contributed by atoms with Crippen molar-refractivity contribution in [3.8, 4) is 0 Å². The Kier molecular flexibility index (Phi) is 3.89. The lowest BCUT2D eigenvalue weighted by Gasteiger charge is -2.40. The number of nitrogens with zero attached hydrogens (tertiary/aromatic N) is 2. The predicted molar refractivity (Wildman–Crippen MR) is 74.6 cm³/mol. The van der Waals surface area contributed by atoms with Gasteiger partial charge in [0.25, 0.3) is 0 Å². The third kappa shape index (κ3) is 2.78. The van der Waals surface area contributed by atoms with Crippen molar-refractivity contribution in [2.24, 2.45) is 0 Å². The number of benzene rings is 1. The van der Waals surface area contributed by atoms with Crippen LogP contribution in [0.2, 0.25) is 0 Å². The molecule has 1 amide bonds. The van der Waals surface area contributed by atoms with Gasteiger partial charge in [0.2, 0.25) is 0 Å². The highest BCUT2D eigenvalue weighted by Gasteiger charge is 2.36. The summed E-state index contributed by atoms with van der Waals surface area (Å²) in [5.41, 5.74) is 1.27. The highest BCUT2D eigenvalue weighted by molar-refractivity contribution is 5.65. The Morgan fingerprint density at radius 1 is 1.25 bits per heavy atom. The van der Waals surface area contributed by atoms with Crippen LogP contribution in [0.3, 0.4) is 0 Å². The summed E-state index contributed by atoms with van der Waals surface area (Å²) in [6.07, 6.45) is 0.0209. The average Bonchev–Trinajstić information content (AvgIpc) is 2.55. The highest BCUT2D eigenvalue weighted by Crippen LogP contribution is 2.23. The molecule has 2 heterocycles. The fourth-order valence-corrected chi connectivity index (χ4v) is 3.11. The van der Waals surface area contributed by atoms with E-state index in [0.29, 0.717) is 32.3 Å². The first-order valence-electron chi connectivity index (χ1n) is 7.09. The number of fused-ring (bicyclic) bond motifs is 2. The normalized spacial score (nSPS) is 27.1. The van der Waals surface area contributed by atoms with Gasteiger partial charge in [0.15, 0.2) is 0 Å². The Labute approximate surface area is 118 Å². The van der Waals surface area contributed by atoms with Crippen LogP contribution in [0.25, 0.3) is 0 Å². The average molecular weight is 276 g/mol. The number of morpholine rings is 1. The summed E-state index contributed by atoms with van der Waals surface area (Å²) in [5, 5.41) is 9.23. The molecule has 2 atom stereocenters. The topological polar surface area (TPSA) is 53.0 Å². The van der Waals surface area contributed by atoms with E-state index in [4.69, 9.17) is 4.74 Å².